The molecule has 1 fully saturated rings. The van der Waals surface area contributed by atoms with Gasteiger partial charge in [0.05, 0.1) is 18.9 Å². The molecule has 1 N–H and O–H groups in total. The van der Waals surface area contributed by atoms with Crippen molar-refractivity contribution >= 4 is 5.91 Å². The molecule has 0 aliphatic carbocycles. The molecule has 1 amide bonds. The number of ether oxygens (including phenoxy) is 1. The zero-order valence-corrected chi connectivity index (χ0v) is 14.2. The summed E-state index contributed by atoms with van der Waals surface area (Å²) in [7, 11) is 0. The monoisotopic (exact) mass is 309 g/mol. The quantitative estimate of drug-likeness (QED) is 0.900. The Balaban J connectivity index is 2.02. The molecule has 0 radical (unpaired) electrons. The molecule has 0 spiro atoms. The van der Waals surface area contributed by atoms with Crippen LogP contribution in [0.3, 0.4) is 0 Å². The Labute approximate surface area is 132 Å². The molecule has 22 heavy (non-hydrogen) atoms. The number of morpholine rings is 1. The van der Waals surface area contributed by atoms with Crippen molar-refractivity contribution in [1.29, 1.82) is 0 Å². The summed E-state index contributed by atoms with van der Waals surface area (Å²) in [5.74, 6) is 0.678. The summed E-state index contributed by atoms with van der Waals surface area (Å²) in [5, 5.41) is 6.97. The van der Waals surface area contributed by atoms with Crippen LogP contribution in [0.1, 0.15) is 55.4 Å². The maximum atomic E-state index is 12.5. The zero-order valence-electron chi connectivity index (χ0n) is 14.2. The Morgan fingerprint density at radius 1 is 1.36 bits per heavy atom. The van der Waals surface area contributed by atoms with Crippen molar-refractivity contribution in [2.75, 3.05) is 32.8 Å². The summed E-state index contributed by atoms with van der Waals surface area (Å²) in [5.41, 5.74) is 1.11. The number of aryl methyl sites for hydroxylation is 1. The van der Waals surface area contributed by atoms with E-state index in [4.69, 9.17) is 9.26 Å². The number of nitrogens with one attached hydrogen (secondary N) is 1. The summed E-state index contributed by atoms with van der Waals surface area (Å²) in [6.07, 6.45) is 0. The van der Waals surface area contributed by atoms with E-state index in [0.717, 1.165) is 26.3 Å². The van der Waals surface area contributed by atoms with Gasteiger partial charge in [-0.05, 0) is 20.8 Å². The highest BCUT2D eigenvalue weighted by atomic mass is 16.5. The molecule has 1 saturated heterocycles. The fourth-order valence-corrected chi connectivity index (χ4v) is 2.72. The molecule has 0 unspecified atom stereocenters. The van der Waals surface area contributed by atoms with E-state index in [1.165, 1.54) is 0 Å². The molecule has 0 bridgehead atoms. The number of carbonyl (C=O) groups excluding carboxylic acids is 1. The predicted octanol–water partition coefficient (Wildman–Crippen LogP) is 1.95. The van der Waals surface area contributed by atoms with Crippen LogP contribution in [0, 0.1) is 6.92 Å². The molecule has 1 aliphatic rings. The lowest BCUT2D eigenvalue weighted by atomic mass is 10.0. The van der Waals surface area contributed by atoms with Crippen molar-refractivity contribution in [2.45, 2.75) is 46.1 Å². The van der Waals surface area contributed by atoms with Gasteiger partial charge in [0.2, 0.25) is 0 Å². The van der Waals surface area contributed by atoms with Gasteiger partial charge in [-0.1, -0.05) is 19.0 Å². The molecule has 6 nitrogen and oxygen atoms in total. The molecule has 2 rings (SSSR count). The Morgan fingerprint density at radius 2 is 2.00 bits per heavy atom. The highest BCUT2D eigenvalue weighted by molar-refractivity contribution is 5.96. The second-order valence-electron chi connectivity index (χ2n) is 6.76. The van der Waals surface area contributed by atoms with Crippen LogP contribution >= 0.6 is 0 Å². The lowest BCUT2D eigenvalue weighted by Gasteiger charge is -2.40. The molecule has 0 aromatic carbocycles. The van der Waals surface area contributed by atoms with Crippen LogP contribution in [-0.4, -0.2) is 54.4 Å². The normalized spacial score (nSPS) is 17.0. The topological polar surface area (TPSA) is 67.6 Å². The molecule has 0 atom stereocenters. The first-order valence-electron chi connectivity index (χ1n) is 7.90. The van der Waals surface area contributed by atoms with E-state index in [1.807, 2.05) is 13.8 Å². The molecular weight excluding hydrogens is 282 g/mol. The van der Waals surface area contributed by atoms with Crippen molar-refractivity contribution in [3.05, 3.63) is 17.0 Å². The third-order valence-electron chi connectivity index (χ3n) is 4.19. The van der Waals surface area contributed by atoms with E-state index < -0.39 is 0 Å². The van der Waals surface area contributed by atoms with E-state index in [-0.39, 0.29) is 17.4 Å². The van der Waals surface area contributed by atoms with E-state index in [1.54, 1.807) is 6.92 Å². The highest BCUT2D eigenvalue weighted by Gasteiger charge is 2.30. The third-order valence-corrected chi connectivity index (χ3v) is 4.19. The van der Waals surface area contributed by atoms with Gasteiger partial charge in [-0.25, -0.2) is 0 Å². The average Bonchev–Trinajstić information content (AvgIpc) is 2.88. The summed E-state index contributed by atoms with van der Waals surface area (Å²) < 4.78 is 10.7. The van der Waals surface area contributed by atoms with Gasteiger partial charge in [-0.3, -0.25) is 9.69 Å². The van der Waals surface area contributed by atoms with Gasteiger partial charge in [0.1, 0.15) is 5.56 Å². The van der Waals surface area contributed by atoms with Crippen LogP contribution in [0.2, 0.25) is 0 Å². The number of carbonyl (C=O) groups is 1. The fraction of sp³-hybridized carbons (Fsp3) is 0.750. The first-order valence-corrected chi connectivity index (χ1v) is 7.90. The van der Waals surface area contributed by atoms with Gasteiger partial charge < -0.3 is 14.6 Å². The standard InChI is InChI=1S/C16H27N3O3/c1-11(2)14-13(12(3)18-22-14)15(20)17-10-16(4,5)19-6-8-21-9-7-19/h11H,6-10H2,1-5H3,(H,17,20). The maximum absolute atomic E-state index is 12.5. The number of hydrogen-bond acceptors (Lipinski definition) is 5. The van der Waals surface area contributed by atoms with Crippen LogP contribution in [0.4, 0.5) is 0 Å². The van der Waals surface area contributed by atoms with E-state index in [0.29, 0.717) is 23.6 Å². The lowest BCUT2D eigenvalue weighted by molar-refractivity contribution is -0.00924. The van der Waals surface area contributed by atoms with Crippen LogP contribution in [-0.2, 0) is 4.74 Å². The number of hydrogen-bond donors (Lipinski definition) is 1. The van der Waals surface area contributed by atoms with Crippen molar-refractivity contribution in [2.24, 2.45) is 0 Å². The van der Waals surface area contributed by atoms with Gasteiger partial charge in [0.15, 0.2) is 5.76 Å². The van der Waals surface area contributed by atoms with Gasteiger partial charge in [-0.2, -0.15) is 0 Å². The fourth-order valence-electron chi connectivity index (χ4n) is 2.72. The minimum atomic E-state index is -0.109. The third kappa shape index (κ3) is 3.67. The first kappa shape index (κ1) is 17.0. The summed E-state index contributed by atoms with van der Waals surface area (Å²) in [6.45, 7) is 13.9. The number of nitrogens with zero attached hydrogens (tertiary/aromatic N) is 2. The second kappa shape index (κ2) is 6.79. The van der Waals surface area contributed by atoms with Crippen molar-refractivity contribution < 1.29 is 14.1 Å². The molecule has 1 aromatic heterocycles. The summed E-state index contributed by atoms with van der Waals surface area (Å²) in [6, 6.07) is 0. The van der Waals surface area contributed by atoms with Crippen molar-refractivity contribution in [3.8, 4) is 0 Å². The lowest BCUT2D eigenvalue weighted by Crippen LogP contribution is -2.55. The smallest absolute Gasteiger partial charge is 0.256 e. The molecule has 1 aliphatic heterocycles. The van der Waals surface area contributed by atoms with E-state index in [9.17, 15) is 4.79 Å². The molecule has 1 aromatic rings. The molecular formula is C16H27N3O3. The Bertz CT molecular complexity index is 517. The van der Waals surface area contributed by atoms with Gasteiger partial charge in [0.25, 0.3) is 5.91 Å². The maximum Gasteiger partial charge on any atom is 0.256 e. The largest absolute Gasteiger partial charge is 0.379 e. The summed E-state index contributed by atoms with van der Waals surface area (Å²) >= 11 is 0. The number of amides is 1. The number of aromatic nitrogens is 1. The van der Waals surface area contributed by atoms with Crippen LogP contribution in [0.25, 0.3) is 0 Å². The SMILES string of the molecule is Cc1noc(C(C)C)c1C(=O)NCC(C)(C)N1CCOCC1. The second-order valence-corrected chi connectivity index (χ2v) is 6.76. The van der Waals surface area contributed by atoms with Gasteiger partial charge >= 0.3 is 0 Å². The molecule has 2 heterocycles. The first-order chi connectivity index (χ1) is 10.3. The van der Waals surface area contributed by atoms with E-state index >= 15 is 0 Å². The Kier molecular flexibility index (Phi) is 5.24. The van der Waals surface area contributed by atoms with Crippen LogP contribution in [0.5, 0.6) is 0 Å². The Morgan fingerprint density at radius 3 is 2.59 bits per heavy atom. The van der Waals surface area contributed by atoms with Crippen LogP contribution < -0.4 is 5.32 Å². The minimum Gasteiger partial charge on any atom is -0.379 e. The minimum absolute atomic E-state index is 0.108. The molecule has 6 heteroatoms. The van der Waals surface area contributed by atoms with E-state index in [2.05, 4.69) is 29.2 Å². The number of rotatable bonds is 5. The van der Waals surface area contributed by atoms with Crippen LogP contribution in [0.15, 0.2) is 4.52 Å². The summed E-state index contributed by atoms with van der Waals surface area (Å²) in [4.78, 5) is 14.9. The molecule has 0 saturated carbocycles. The van der Waals surface area contributed by atoms with Crippen molar-refractivity contribution in [3.63, 3.8) is 0 Å². The highest BCUT2D eigenvalue weighted by Crippen LogP contribution is 2.22. The predicted molar refractivity (Wildman–Crippen MR) is 84.1 cm³/mol. The zero-order chi connectivity index (χ0) is 16.3. The Hall–Kier alpha value is -1.40. The van der Waals surface area contributed by atoms with Gasteiger partial charge in [0, 0.05) is 31.1 Å². The molecule has 124 valence electrons. The van der Waals surface area contributed by atoms with Gasteiger partial charge in [-0.15, -0.1) is 0 Å². The van der Waals surface area contributed by atoms with Crippen molar-refractivity contribution in [1.82, 2.24) is 15.4 Å². The average molecular weight is 309 g/mol.